The van der Waals surface area contributed by atoms with Gasteiger partial charge in [-0.2, -0.15) is 0 Å². The lowest BCUT2D eigenvalue weighted by molar-refractivity contribution is 0.0690. The molecule has 1 amide bonds. The third-order valence-electron chi connectivity index (χ3n) is 2.50. The number of carbonyl (C=O) groups excluding carboxylic acids is 1. The number of carbonyl (C=O) groups is 2. The number of carboxylic acid groups (broad SMARTS) is 1. The number of hydrogen-bond acceptors (Lipinski definition) is 4. The molecule has 2 rings (SSSR count). The molecule has 0 fully saturated rings. The molecule has 2 heterocycles. The zero-order valence-corrected chi connectivity index (χ0v) is 11.9. The van der Waals surface area contributed by atoms with Gasteiger partial charge in [0, 0.05) is 31.0 Å². The first-order valence-corrected chi connectivity index (χ1v) is 6.50. The van der Waals surface area contributed by atoms with Crippen LogP contribution in [0.25, 0.3) is 0 Å². The summed E-state index contributed by atoms with van der Waals surface area (Å²) in [6.45, 7) is 0.812. The van der Waals surface area contributed by atoms with Crippen molar-refractivity contribution < 1.29 is 14.7 Å². The monoisotopic (exact) mass is 338 g/mol. The number of aromatic carboxylic acids is 1. The molecule has 0 aliphatic rings. The second-order valence-electron chi connectivity index (χ2n) is 3.93. The average Bonchev–Trinajstić information content (AvgIpc) is 2.87. The maximum Gasteiger partial charge on any atom is 0.356 e. The molecule has 0 saturated carbocycles. The van der Waals surface area contributed by atoms with Crippen LogP contribution in [0.3, 0.4) is 0 Å². The molecule has 8 heteroatoms. The Kier molecular flexibility index (Phi) is 4.46. The minimum atomic E-state index is -1.07. The van der Waals surface area contributed by atoms with Crippen molar-refractivity contribution in [3.63, 3.8) is 0 Å². The summed E-state index contributed by atoms with van der Waals surface area (Å²) in [5, 5.41) is 11.5. The van der Waals surface area contributed by atoms with Gasteiger partial charge in [0.15, 0.2) is 5.69 Å². The van der Waals surface area contributed by atoms with Crippen molar-refractivity contribution in [1.82, 2.24) is 19.9 Å². The lowest BCUT2D eigenvalue weighted by Gasteiger charge is -2.05. The van der Waals surface area contributed by atoms with E-state index < -0.39 is 5.97 Å². The summed E-state index contributed by atoms with van der Waals surface area (Å²) in [7, 11) is 0. The van der Waals surface area contributed by atoms with Crippen LogP contribution in [0.5, 0.6) is 0 Å². The van der Waals surface area contributed by atoms with E-state index in [4.69, 9.17) is 5.11 Å². The molecule has 0 spiro atoms. The van der Waals surface area contributed by atoms with Crippen LogP contribution in [0, 0.1) is 0 Å². The minimum absolute atomic E-state index is 0.0191. The van der Waals surface area contributed by atoms with Crippen LogP contribution in [0.4, 0.5) is 0 Å². The molecular weight excluding hydrogens is 328 g/mol. The number of amides is 1. The standard InChI is InChI=1S/C12H11BrN4O3/c13-10-5-8(1-2-14-10)11(18)15-3-4-17-6-9(12(19)20)16-7-17/h1-2,5-7H,3-4H2,(H,15,18)(H,19,20). The molecule has 0 aromatic carbocycles. The van der Waals surface area contributed by atoms with Crippen LogP contribution >= 0.6 is 15.9 Å². The highest BCUT2D eigenvalue weighted by Crippen LogP contribution is 2.07. The van der Waals surface area contributed by atoms with Gasteiger partial charge >= 0.3 is 5.97 Å². The summed E-state index contributed by atoms with van der Waals surface area (Å²) in [6.07, 6.45) is 4.37. The Morgan fingerprint density at radius 1 is 1.40 bits per heavy atom. The van der Waals surface area contributed by atoms with Gasteiger partial charge in [0.2, 0.25) is 0 Å². The highest BCUT2D eigenvalue weighted by molar-refractivity contribution is 9.10. The van der Waals surface area contributed by atoms with Crippen molar-refractivity contribution >= 4 is 27.8 Å². The predicted molar refractivity (Wildman–Crippen MR) is 73.5 cm³/mol. The minimum Gasteiger partial charge on any atom is -0.476 e. The molecule has 0 aliphatic heterocycles. The van der Waals surface area contributed by atoms with Gasteiger partial charge in [0.1, 0.15) is 4.60 Å². The van der Waals surface area contributed by atoms with Gasteiger partial charge in [-0.05, 0) is 28.1 Å². The molecule has 0 bridgehead atoms. The molecule has 7 nitrogen and oxygen atoms in total. The molecule has 2 N–H and O–H groups in total. The second kappa shape index (κ2) is 6.29. The Balaban J connectivity index is 1.86. The normalized spacial score (nSPS) is 10.2. The van der Waals surface area contributed by atoms with E-state index in [2.05, 4.69) is 31.2 Å². The first-order chi connectivity index (χ1) is 9.56. The first-order valence-electron chi connectivity index (χ1n) is 5.71. The Hall–Kier alpha value is -2.22. The highest BCUT2D eigenvalue weighted by atomic mass is 79.9. The smallest absolute Gasteiger partial charge is 0.356 e. The molecule has 0 saturated heterocycles. The van der Waals surface area contributed by atoms with Gasteiger partial charge in [0.25, 0.3) is 5.91 Å². The van der Waals surface area contributed by atoms with E-state index in [-0.39, 0.29) is 11.6 Å². The highest BCUT2D eigenvalue weighted by Gasteiger charge is 2.08. The summed E-state index contributed by atoms with van der Waals surface area (Å²) in [4.78, 5) is 30.1. The number of pyridine rings is 1. The van der Waals surface area contributed by atoms with Crippen molar-refractivity contribution in [2.24, 2.45) is 0 Å². The molecule has 0 aliphatic carbocycles. The third kappa shape index (κ3) is 3.64. The lowest BCUT2D eigenvalue weighted by Crippen LogP contribution is -2.27. The quantitative estimate of drug-likeness (QED) is 0.797. The number of carboxylic acids is 1. The van der Waals surface area contributed by atoms with Crippen LogP contribution < -0.4 is 5.32 Å². The van der Waals surface area contributed by atoms with E-state index in [0.717, 1.165) is 0 Å². The summed E-state index contributed by atoms with van der Waals surface area (Å²) in [5.74, 6) is -1.29. The fourth-order valence-electron chi connectivity index (χ4n) is 1.54. The summed E-state index contributed by atoms with van der Waals surface area (Å²) < 4.78 is 2.19. The van der Waals surface area contributed by atoms with Crippen LogP contribution in [-0.2, 0) is 6.54 Å². The molecule has 104 valence electrons. The average molecular weight is 339 g/mol. The molecule has 0 radical (unpaired) electrons. The molecule has 2 aromatic heterocycles. The number of imidazole rings is 1. The maximum absolute atomic E-state index is 11.8. The number of halogens is 1. The van der Waals surface area contributed by atoms with Gasteiger partial charge in [-0.15, -0.1) is 0 Å². The SMILES string of the molecule is O=C(NCCn1cnc(C(=O)O)c1)c1ccnc(Br)c1. The van der Waals surface area contributed by atoms with E-state index in [1.54, 1.807) is 16.7 Å². The molecule has 0 unspecified atom stereocenters. The number of hydrogen-bond donors (Lipinski definition) is 2. The second-order valence-corrected chi connectivity index (χ2v) is 4.74. The summed E-state index contributed by atoms with van der Waals surface area (Å²) in [5.41, 5.74) is 0.484. The van der Waals surface area contributed by atoms with E-state index in [1.807, 2.05) is 0 Å². The summed E-state index contributed by atoms with van der Waals surface area (Å²) in [6, 6.07) is 3.23. The Morgan fingerprint density at radius 3 is 2.85 bits per heavy atom. The van der Waals surface area contributed by atoms with Gasteiger partial charge in [0.05, 0.1) is 6.33 Å². The molecular formula is C12H11BrN4O3. The van der Waals surface area contributed by atoms with Crippen molar-refractivity contribution in [2.45, 2.75) is 6.54 Å². The Morgan fingerprint density at radius 2 is 2.20 bits per heavy atom. The number of nitrogens with zero attached hydrogens (tertiary/aromatic N) is 3. The van der Waals surface area contributed by atoms with Crippen molar-refractivity contribution in [3.05, 3.63) is 46.7 Å². The van der Waals surface area contributed by atoms with Crippen molar-refractivity contribution in [1.29, 1.82) is 0 Å². The van der Waals surface area contributed by atoms with Gasteiger partial charge in [-0.1, -0.05) is 0 Å². The van der Waals surface area contributed by atoms with Crippen LogP contribution in [0.2, 0.25) is 0 Å². The molecule has 0 atom stereocenters. The van der Waals surface area contributed by atoms with Crippen molar-refractivity contribution in [2.75, 3.05) is 6.54 Å². The zero-order chi connectivity index (χ0) is 14.5. The number of rotatable bonds is 5. The third-order valence-corrected chi connectivity index (χ3v) is 2.93. The van der Waals surface area contributed by atoms with Crippen LogP contribution in [0.15, 0.2) is 35.5 Å². The lowest BCUT2D eigenvalue weighted by atomic mass is 10.2. The first kappa shape index (κ1) is 14.2. The van der Waals surface area contributed by atoms with E-state index in [9.17, 15) is 9.59 Å². The number of nitrogens with one attached hydrogen (secondary N) is 1. The van der Waals surface area contributed by atoms with Gasteiger partial charge in [-0.3, -0.25) is 4.79 Å². The zero-order valence-electron chi connectivity index (χ0n) is 10.3. The molecule has 20 heavy (non-hydrogen) atoms. The van der Waals surface area contributed by atoms with E-state index in [0.29, 0.717) is 23.3 Å². The number of aromatic nitrogens is 3. The fourth-order valence-corrected chi connectivity index (χ4v) is 1.90. The van der Waals surface area contributed by atoms with Gasteiger partial charge in [-0.25, -0.2) is 14.8 Å². The predicted octanol–water partition coefficient (Wildman–Crippen LogP) is 1.17. The molecule has 2 aromatic rings. The fraction of sp³-hybridized carbons (Fsp3) is 0.167. The van der Waals surface area contributed by atoms with Crippen molar-refractivity contribution in [3.8, 4) is 0 Å². The topological polar surface area (TPSA) is 97.1 Å². The summed E-state index contributed by atoms with van der Waals surface area (Å²) >= 11 is 3.19. The van der Waals surface area contributed by atoms with Crippen LogP contribution in [0.1, 0.15) is 20.8 Å². The largest absolute Gasteiger partial charge is 0.476 e. The van der Waals surface area contributed by atoms with E-state index >= 15 is 0 Å². The Labute approximate surface area is 122 Å². The van der Waals surface area contributed by atoms with E-state index in [1.165, 1.54) is 18.7 Å². The maximum atomic E-state index is 11.8. The van der Waals surface area contributed by atoms with Crippen LogP contribution in [-0.4, -0.2) is 38.1 Å². The Bertz CT molecular complexity index is 641. The van der Waals surface area contributed by atoms with Gasteiger partial charge < -0.3 is 15.0 Å².